The summed E-state index contributed by atoms with van der Waals surface area (Å²) in [7, 11) is 0. The number of ether oxygens (including phenoxy) is 1. The Balaban J connectivity index is 1.47. The lowest BCUT2D eigenvalue weighted by molar-refractivity contribution is -0.0736. The van der Waals surface area contributed by atoms with Crippen LogP contribution in [0.25, 0.3) is 21.9 Å². The zero-order valence-electron chi connectivity index (χ0n) is 16.0. The Morgan fingerprint density at radius 2 is 1.93 bits per heavy atom. The van der Waals surface area contributed by atoms with Gasteiger partial charge in [-0.25, -0.2) is 8.78 Å². The maximum Gasteiger partial charge on any atom is 0.260 e. The molecular formula is C22H23F2N3O2. The summed E-state index contributed by atoms with van der Waals surface area (Å²) >= 11 is 0. The molecule has 1 saturated heterocycles. The molecule has 29 heavy (non-hydrogen) atoms. The predicted molar refractivity (Wildman–Crippen MR) is 107 cm³/mol. The van der Waals surface area contributed by atoms with Gasteiger partial charge in [0.2, 0.25) is 0 Å². The molecule has 0 amide bonds. The first-order valence-corrected chi connectivity index (χ1v) is 9.72. The number of β-amino-alcohol motifs (C(OH)–C–C–N with tert-alkyl or cyclic N) is 1. The minimum absolute atomic E-state index is 0.0439. The lowest BCUT2D eigenvalue weighted by atomic mass is 9.99. The van der Waals surface area contributed by atoms with Crippen molar-refractivity contribution in [3.63, 3.8) is 0 Å². The Hall–Kier alpha value is -2.64. The van der Waals surface area contributed by atoms with E-state index in [2.05, 4.69) is 10.2 Å². The minimum Gasteiger partial charge on any atom is -0.490 e. The summed E-state index contributed by atoms with van der Waals surface area (Å²) in [5.74, 6) is -2.03. The highest BCUT2D eigenvalue weighted by atomic mass is 19.3. The highest BCUT2D eigenvalue weighted by molar-refractivity contribution is 5.99. The second-order valence-corrected chi connectivity index (χ2v) is 7.45. The molecule has 3 aromatic rings. The van der Waals surface area contributed by atoms with Crippen molar-refractivity contribution >= 4 is 10.8 Å². The number of hydrogen-bond donors (Lipinski definition) is 1. The lowest BCUT2D eigenvalue weighted by Crippen LogP contribution is -2.46. The van der Waals surface area contributed by atoms with Crippen LogP contribution in [-0.4, -0.2) is 58.5 Å². The molecule has 2 heterocycles. The molecular weight excluding hydrogens is 376 g/mol. The average molecular weight is 399 g/mol. The van der Waals surface area contributed by atoms with Gasteiger partial charge in [-0.2, -0.15) is 10.2 Å². The molecule has 7 heteroatoms. The molecule has 1 aromatic heterocycles. The van der Waals surface area contributed by atoms with Crippen LogP contribution in [0.2, 0.25) is 0 Å². The molecule has 1 N–H and O–H groups in total. The molecule has 152 valence electrons. The van der Waals surface area contributed by atoms with E-state index in [1.165, 1.54) is 0 Å². The Bertz CT molecular complexity index is 969. The first-order valence-electron chi connectivity index (χ1n) is 9.72. The number of fused-ring (bicyclic) bond motifs is 1. The molecule has 0 aliphatic carbocycles. The standard InChI is InChI=1S/C22H23F2N3O2/c23-22(24)9-3-11-27(15-22)13-17(28)14-29-21-7-6-18(16-8-10-25-26-12-16)19-4-1-2-5-20(19)21/h1-2,4-8,10,12,17,28H,3,9,11,13-15H2. The molecule has 2 aromatic carbocycles. The largest absolute Gasteiger partial charge is 0.490 e. The Morgan fingerprint density at radius 3 is 2.69 bits per heavy atom. The number of rotatable bonds is 6. The van der Waals surface area contributed by atoms with Crippen molar-refractivity contribution in [1.29, 1.82) is 0 Å². The van der Waals surface area contributed by atoms with Crippen molar-refractivity contribution < 1.29 is 18.6 Å². The van der Waals surface area contributed by atoms with E-state index in [0.29, 0.717) is 18.7 Å². The first-order chi connectivity index (χ1) is 14.0. The highest BCUT2D eigenvalue weighted by Gasteiger charge is 2.35. The second-order valence-electron chi connectivity index (χ2n) is 7.45. The van der Waals surface area contributed by atoms with Gasteiger partial charge < -0.3 is 9.84 Å². The van der Waals surface area contributed by atoms with Crippen LogP contribution in [0.1, 0.15) is 12.8 Å². The summed E-state index contributed by atoms with van der Waals surface area (Å²) in [6, 6.07) is 13.6. The number of likely N-dealkylation sites (tertiary alicyclic amines) is 1. The Kier molecular flexibility index (Phi) is 5.69. The molecule has 1 fully saturated rings. The third kappa shape index (κ3) is 4.68. The SMILES string of the molecule is OC(COc1ccc(-c2ccnnc2)c2ccccc12)CN1CCCC(F)(F)C1. The number of aliphatic hydroxyl groups is 1. The molecule has 1 aliphatic heterocycles. The van der Waals surface area contributed by atoms with Crippen LogP contribution in [-0.2, 0) is 0 Å². The summed E-state index contributed by atoms with van der Waals surface area (Å²) in [6.07, 6.45) is 2.87. The zero-order chi connectivity index (χ0) is 20.3. The molecule has 0 bridgehead atoms. The molecule has 4 rings (SSSR count). The molecule has 0 spiro atoms. The first kappa shape index (κ1) is 19.7. The average Bonchev–Trinajstić information content (AvgIpc) is 2.72. The minimum atomic E-state index is -2.67. The van der Waals surface area contributed by atoms with Gasteiger partial charge >= 0.3 is 0 Å². The number of piperidine rings is 1. The number of aliphatic hydroxyl groups excluding tert-OH is 1. The summed E-state index contributed by atoms with van der Waals surface area (Å²) in [6.45, 7) is 0.489. The Morgan fingerprint density at radius 1 is 1.10 bits per heavy atom. The van der Waals surface area contributed by atoms with E-state index in [0.717, 1.165) is 21.9 Å². The van der Waals surface area contributed by atoms with Gasteiger partial charge in [0.15, 0.2) is 0 Å². The highest BCUT2D eigenvalue weighted by Crippen LogP contribution is 2.34. The van der Waals surface area contributed by atoms with Crippen LogP contribution >= 0.6 is 0 Å². The van der Waals surface area contributed by atoms with Crippen LogP contribution in [0.5, 0.6) is 5.75 Å². The molecule has 1 aliphatic rings. The van der Waals surface area contributed by atoms with Gasteiger partial charge in [0.1, 0.15) is 18.5 Å². The van der Waals surface area contributed by atoms with Crippen LogP contribution in [0.4, 0.5) is 8.78 Å². The fourth-order valence-electron chi connectivity index (χ4n) is 3.84. The van der Waals surface area contributed by atoms with Gasteiger partial charge in [0, 0.05) is 23.9 Å². The van der Waals surface area contributed by atoms with Crippen LogP contribution in [0, 0.1) is 0 Å². The Labute approximate surface area is 167 Å². The van der Waals surface area contributed by atoms with Gasteiger partial charge in [-0.1, -0.05) is 24.3 Å². The summed E-state index contributed by atoms with van der Waals surface area (Å²) < 4.78 is 33.0. The van der Waals surface area contributed by atoms with E-state index in [1.807, 2.05) is 42.5 Å². The molecule has 1 unspecified atom stereocenters. The molecule has 1 atom stereocenters. The van der Waals surface area contributed by atoms with Crippen LogP contribution < -0.4 is 4.74 Å². The van der Waals surface area contributed by atoms with E-state index in [9.17, 15) is 13.9 Å². The van der Waals surface area contributed by atoms with Gasteiger partial charge in [-0.15, -0.1) is 0 Å². The molecule has 0 saturated carbocycles. The van der Waals surface area contributed by atoms with Crippen molar-refractivity contribution in [2.75, 3.05) is 26.2 Å². The normalized spacial score (nSPS) is 17.9. The zero-order valence-corrected chi connectivity index (χ0v) is 16.0. The van der Waals surface area contributed by atoms with E-state index in [4.69, 9.17) is 4.74 Å². The molecule has 0 radical (unpaired) electrons. The third-order valence-electron chi connectivity index (χ3n) is 5.15. The summed E-state index contributed by atoms with van der Waals surface area (Å²) in [5, 5.41) is 20.0. The number of hydrogen-bond acceptors (Lipinski definition) is 5. The van der Waals surface area contributed by atoms with Gasteiger partial charge in [0.05, 0.1) is 18.9 Å². The van der Waals surface area contributed by atoms with Gasteiger partial charge in [-0.3, -0.25) is 4.90 Å². The number of aromatic nitrogens is 2. The van der Waals surface area contributed by atoms with E-state index in [-0.39, 0.29) is 26.1 Å². The van der Waals surface area contributed by atoms with Gasteiger partial charge in [0.25, 0.3) is 5.92 Å². The quantitative estimate of drug-likeness (QED) is 0.684. The predicted octanol–water partition coefficient (Wildman–Crippen LogP) is 3.77. The lowest BCUT2D eigenvalue weighted by Gasteiger charge is -2.33. The van der Waals surface area contributed by atoms with Gasteiger partial charge in [-0.05, 0) is 42.1 Å². The molecule has 5 nitrogen and oxygen atoms in total. The van der Waals surface area contributed by atoms with Crippen molar-refractivity contribution in [3.8, 4) is 16.9 Å². The summed E-state index contributed by atoms with van der Waals surface area (Å²) in [5.41, 5.74) is 1.97. The van der Waals surface area contributed by atoms with Crippen molar-refractivity contribution in [1.82, 2.24) is 15.1 Å². The number of benzene rings is 2. The topological polar surface area (TPSA) is 58.5 Å². The third-order valence-corrected chi connectivity index (χ3v) is 5.15. The van der Waals surface area contributed by atoms with E-state index >= 15 is 0 Å². The van der Waals surface area contributed by atoms with Crippen LogP contribution in [0.3, 0.4) is 0 Å². The smallest absolute Gasteiger partial charge is 0.260 e. The van der Waals surface area contributed by atoms with Crippen molar-refractivity contribution in [2.45, 2.75) is 24.9 Å². The monoisotopic (exact) mass is 399 g/mol. The van der Waals surface area contributed by atoms with Crippen LogP contribution in [0.15, 0.2) is 54.9 Å². The summed E-state index contributed by atoms with van der Waals surface area (Å²) in [4.78, 5) is 1.61. The van der Waals surface area contributed by atoms with E-state index in [1.54, 1.807) is 17.3 Å². The number of nitrogens with zero attached hydrogens (tertiary/aromatic N) is 3. The van der Waals surface area contributed by atoms with E-state index < -0.39 is 12.0 Å². The maximum absolute atomic E-state index is 13.5. The van der Waals surface area contributed by atoms with Crippen molar-refractivity contribution in [3.05, 3.63) is 54.9 Å². The van der Waals surface area contributed by atoms with Crippen molar-refractivity contribution in [2.24, 2.45) is 0 Å². The fraction of sp³-hybridized carbons (Fsp3) is 0.364. The maximum atomic E-state index is 13.5. The number of halogens is 2. The number of alkyl halides is 2. The second kappa shape index (κ2) is 8.39. The fourth-order valence-corrected chi connectivity index (χ4v) is 3.84.